The molecule has 0 aliphatic carbocycles. The monoisotopic (exact) mass is 341 g/mol. The highest BCUT2D eigenvalue weighted by molar-refractivity contribution is 6.01. The summed E-state index contributed by atoms with van der Waals surface area (Å²) in [6.45, 7) is 0.863. The molecule has 0 radical (unpaired) electrons. The van der Waals surface area contributed by atoms with Crippen LogP contribution in [0.25, 0.3) is 0 Å². The normalized spacial score (nSPS) is 16.0. The first-order valence-corrected chi connectivity index (χ1v) is 7.97. The van der Waals surface area contributed by atoms with Gasteiger partial charge in [0.2, 0.25) is 0 Å². The van der Waals surface area contributed by atoms with Crippen molar-refractivity contribution >= 4 is 11.9 Å². The summed E-state index contributed by atoms with van der Waals surface area (Å²) in [6, 6.07) is 12.5. The Morgan fingerprint density at radius 3 is 2.60 bits per heavy atom. The van der Waals surface area contributed by atoms with Gasteiger partial charge in [-0.15, -0.1) is 0 Å². The summed E-state index contributed by atoms with van der Waals surface area (Å²) in [7, 11) is 1.35. The van der Waals surface area contributed by atoms with Gasteiger partial charge in [0.15, 0.2) is 0 Å². The molecule has 1 aliphatic heterocycles. The van der Waals surface area contributed by atoms with Crippen LogP contribution in [-0.4, -0.2) is 36.7 Å². The first-order valence-electron chi connectivity index (χ1n) is 7.97. The molecular weight excluding hydrogens is 322 g/mol. The van der Waals surface area contributed by atoms with Crippen LogP contribution < -0.4 is 10.1 Å². The molecular formula is C19H19NO5. The Labute approximate surface area is 145 Å². The zero-order chi connectivity index (χ0) is 17.8. The summed E-state index contributed by atoms with van der Waals surface area (Å²) >= 11 is 0. The zero-order valence-corrected chi connectivity index (χ0v) is 13.8. The maximum Gasteiger partial charge on any atom is 0.339 e. The minimum absolute atomic E-state index is 0.0435. The van der Waals surface area contributed by atoms with Crippen molar-refractivity contribution in [1.82, 2.24) is 5.32 Å². The predicted octanol–water partition coefficient (Wildman–Crippen LogP) is 2.26. The molecule has 1 atom stereocenters. The SMILES string of the molecule is COc1c(C(=O)O)cccc1C(=O)NC[C@@H]1Cc2ccccc2CO1. The van der Waals surface area contributed by atoms with E-state index in [1.165, 1.54) is 36.4 Å². The number of hydrogen-bond acceptors (Lipinski definition) is 4. The second-order valence-corrected chi connectivity index (χ2v) is 5.81. The second kappa shape index (κ2) is 7.36. The molecule has 0 unspecified atom stereocenters. The van der Waals surface area contributed by atoms with Crippen LogP contribution in [0.4, 0.5) is 0 Å². The Hall–Kier alpha value is -2.86. The minimum Gasteiger partial charge on any atom is -0.495 e. The fourth-order valence-electron chi connectivity index (χ4n) is 2.95. The minimum atomic E-state index is -1.14. The lowest BCUT2D eigenvalue weighted by atomic mass is 9.99. The highest BCUT2D eigenvalue weighted by atomic mass is 16.5. The summed E-state index contributed by atoms with van der Waals surface area (Å²) in [5.41, 5.74) is 2.54. The van der Waals surface area contributed by atoms with Gasteiger partial charge in [-0.3, -0.25) is 4.79 Å². The van der Waals surface area contributed by atoms with Crippen molar-refractivity contribution < 1.29 is 24.2 Å². The Morgan fingerprint density at radius 1 is 1.16 bits per heavy atom. The molecule has 3 rings (SSSR count). The lowest BCUT2D eigenvalue weighted by Gasteiger charge is -2.25. The topological polar surface area (TPSA) is 84.9 Å². The van der Waals surface area contributed by atoms with E-state index in [1.54, 1.807) is 0 Å². The van der Waals surface area contributed by atoms with Crippen molar-refractivity contribution in [3.05, 3.63) is 64.7 Å². The number of para-hydroxylation sites is 1. The van der Waals surface area contributed by atoms with Crippen LogP contribution in [0.1, 0.15) is 31.8 Å². The van der Waals surface area contributed by atoms with Gasteiger partial charge in [0.05, 0.1) is 25.4 Å². The molecule has 0 saturated heterocycles. The quantitative estimate of drug-likeness (QED) is 0.871. The molecule has 130 valence electrons. The van der Waals surface area contributed by atoms with Gasteiger partial charge in [-0.2, -0.15) is 0 Å². The zero-order valence-electron chi connectivity index (χ0n) is 13.8. The molecule has 2 aromatic rings. The summed E-state index contributed by atoms with van der Waals surface area (Å²) < 4.78 is 10.9. The van der Waals surface area contributed by atoms with Crippen molar-refractivity contribution in [2.75, 3.05) is 13.7 Å². The first-order chi connectivity index (χ1) is 12.1. The molecule has 6 nitrogen and oxygen atoms in total. The number of nitrogens with one attached hydrogen (secondary N) is 1. The van der Waals surface area contributed by atoms with E-state index >= 15 is 0 Å². The number of carboxylic acid groups (broad SMARTS) is 1. The first kappa shape index (κ1) is 17.0. The van der Waals surface area contributed by atoms with Gasteiger partial charge in [0.1, 0.15) is 11.3 Å². The summed E-state index contributed by atoms with van der Waals surface area (Å²) in [5, 5.41) is 12.0. The van der Waals surface area contributed by atoms with E-state index in [4.69, 9.17) is 9.47 Å². The van der Waals surface area contributed by atoms with E-state index < -0.39 is 5.97 Å². The maximum absolute atomic E-state index is 12.4. The number of methoxy groups -OCH3 is 1. The molecule has 1 aliphatic rings. The van der Waals surface area contributed by atoms with Crippen LogP contribution >= 0.6 is 0 Å². The second-order valence-electron chi connectivity index (χ2n) is 5.81. The average Bonchev–Trinajstić information content (AvgIpc) is 2.65. The van der Waals surface area contributed by atoms with E-state index in [1.807, 2.05) is 18.2 Å². The van der Waals surface area contributed by atoms with E-state index in [0.717, 1.165) is 6.42 Å². The van der Waals surface area contributed by atoms with Gasteiger partial charge in [-0.05, 0) is 23.3 Å². The molecule has 0 aromatic heterocycles. The van der Waals surface area contributed by atoms with Crippen molar-refractivity contribution in [3.63, 3.8) is 0 Å². The maximum atomic E-state index is 12.4. The molecule has 2 N–H and O–H groups in total. The van der Waals surface area contributed by atoms with Gasteiger partial charge in [0, 0.05) is 13.0 Å². The standard InChI is InChI=1S/C19H19NO5/c1-24-17-15(7-4-8-16(17)19(22)23)18(21)20-10-14-9-12-5-2-3-6-13(12)11-25-14/h2-8,14H,9-11H2,1H3,(H,20,21)(H,22,23)/t14-/m0/s1. The molecule has 0 fully saturated rings. The molecule has 0 bridgehead atoms. The average molecular weight is 341 g/mol. The summed E-state index contributed by atoms with van der Waals surface area (Å²) in [5.74, 6) is -1.47. The van der Waals surface area contributed by atoms with Crippen LogP contribution in [0.2, 0.25) is 0 Å². The number of fused-ring (bicyclic) bond motifs is 1. The van der Waals surface area contributed by atoms with Gasteiger partial charge < -0.3 is 19.9 Å². The Bertz CT molecular complexity index is 802. The number of benzene rings is 2. The number of carbonyl (C=O) groups excluding carboxylic acids is 1. The number of carboxylic acids is 1. The van der Waals surface area contributed by atoms with Crippen LogP contribution in [0.15, 0.2) is 42.5 Å². The van der Waals surface area contributed by atoms with Gasteiger partial charge in [-0.1, -0.05) is 30.3 Å². The van der Waals surface area contributed by atoms with Crippen molar-refractivity contribution in [1.29, 1.82) is 0 Å². The Morgan fingerprint density at radius 2 is 1.88 bits per heavy atom. The predicted molar refractivity (Wildman–Crippen MR) is 91.0 cm³/mol. The molecule has 1 heterocycles. The van der Waals surface area contributed by atoms with E-state index in [2.05, 4.69) is 11.4 Å². The third-order valence-corrected chi connectivity index (χ3v) is 4.22. The Balaban J connectivity index is 1.68. The van der Waals surface area contributed by atoms with Crippen molar-refractivity contribution in [2.45, 2.75) is 19.1 Å². The molecule has 1 amide bonds. The van der Waals surface area contributed by atoms with Gasteiger partial charge in [0.25, 0.3) is 5.91 Å². The summed E-state index contributed by atoms with van der Waals surface area (Å²) in [6.07, 6.45) is 0.607. The lowest BCUT2D eigenvalue weighted by Crippen LogP contribution is -2.37. The Kier molecular flexibility index (Phi) is 5.00. The smallest absolute Gasteiger partial charge is 0.339 e. The lowest BCUT2D eigenvalue weighted by molar-refractivity contribution is 0.0284. The highest BCUT2D eigenvalue weighted by Crippen LogP contribution is 2.24. The molecule has 2 aromatic carbocycles. The van der Waals surface area contributed by atoms with Crippen molar-refractivity contribution in [2.24, 2.45) is 0 Å². The molecule has 0 spiro atoms. The number of rotatable bonds is 5. The van der Waals surface area contributed by atoms with Crippen molar-refractivity contribution in [3.8, 4) is 5.75 Å². The van der Waals surface area contributed by atoms with E-state index in [0.29, 0.717) is 13.2 Å². The number of amides is 1. The fraction of sp³-hybridized carbons (Fsp3) is 0.263. The van der Waals surface area contributed by atoms with Crippen LogP contribution in [0.3, 0.4) is 0 Å². The number of hydrogen-bond donors (Lipinski definition) is 2. The molecule has 25 heavy (non-hydrogen) atoms. The van der Waals surface area contributed by atoms with Crippen LogP contribution in [0, 0.1) is 0 Å². The van der Waals surface area contributed by atoms with Gasteiger partial charge in [-0.25, -0.2) is 4.79 Å². The number of aromatic carboxylic acids is 1. The summed E-state index contributed by atoms with van der Waals surface area (Å²) in [4.78, 5) is 23.7. The van der Waals surface area contributed by atoms with Crippen LogP contribution in [-0.2, 0) is 17.8 Å². The number of carbonyl (C=O) groups is 2. The molecule has 0 saturated carbocycles. The third-order valence-electron chi connectivity index (χ3n) is 4.22. The van der Waals surface area contributed by atoms with E-state index in [9.17, 15) is 14.7 Å². The molecule has 6 heteroatoms. The number of ether oxygens (including phenoxy) is 2. The van der Waals surface area contributed by atoms with E-state index in [-0.39, 0.29) is 28.9 Å². The highest BCUT2D eigenvalue weighted by Gasteiger charge is 2.22. The van der Waals surface area contributed by atoms with Gasteiger partial charge >= 0.3 is 5.97 Å². The largest absolute Gasteiger partial charge is 0.495 e. The third kappa shape index (κ3) is 3.64. The fourth-order valence-corrected chi connectivity index (χ4v) is 2.95. The van der Waals surface area contributed by atoms with Crippen LogP contribution in [0.5, 0.6) is 5.75 Å².